The predicted octanol–water partition coefficient (Wildman–Crippen LogP) is 4.41. The van der Waals surface area contributed by atoms with E-state index in [2.05, 4.69) is 9.71 Å². The van der Waals surface area contributed by atoms with E-state index in [1.807, 2.05) is 58.9 Å². The molecule has 30 heavy (non-hydrogen) atoms. The lowest BCUT2D eigenvalue weighted by Gasteiger charge is -2.19. The highest BCUT2D eigenvalue weighted by atomic mass is 32.2. The van der Waals surface area contributed by atoms with E-state index >= 15 is 0 Å². The SMILES string of the molecule is COc1ccc(-c2nc(CCNS(=O)(=O)c3c(C)c(C)c(C)c(C)c3C)co2)cc1. The van der Waals surface area contributed by atoms with E-state index in [0.717, 1.165) is 39.1 Å². The molecule has 0 saturated heterocycles. The normalized spacial score (nSPS) is 11.7. The third-order valence-corrected chi connectivity index (χ3v) is 7.50. The number of nitrogens with one attached hydrogen (secondary N) is 1. The number of aromatic nitrogens is 1. The van der Waals surface area contributed by atoms with E-state index in [0.29, 0.717) is 22.9 Å². The first kappa shape index (κ1) is 22.1. The Bertz CT molecular complexity index is 1130. The minimum Gasteiger partial charge on any atom is -0.497 e. The first-order valence-corrected chi connectivity index (χ1v) is 11.3. The molecule has 0 amide bonds. The fraction of sp³-hybridized carbons (Fsp3) is 0.348. The van der Waals surface area contributed by atoms with Crippen LogP contribution >= 0.6 is 0 Å². The van der Waals surface area contributed by atoms with Gasteiger partial charge in [0.2, 0.25) is 15.9 Å². The minimum atomic E-state index is -3.63. The monoisotopic (exact) mass is 428 g/mol. The summed E-state index contributed by atoms with van der Waals surface area (Å²) in [6, 6.07) is 7.41. The second-order valence-corrected chi connectivity index (χ2v) is 9.18. The van der Waals surface area contributed by atoms with Gasteiger partial charge in [0.05, 0.1) is 17.7 Å². The number of nitrogens with zero attached hydrogens (tertiary/aromatic N) is 1. The van der Waals surface area contributed by atoms with E-state index in [4.69, 9.17) is 9.15 Å². The molecule has 3 aromatic rings. The van der Waals surface area contributed by atoms with Gasteiger partial charge in [-0.05, 0) is 86.7 Å². The molecule has 0 radical (unpaired) electrons. The van der Waals surface area contributed by atoms with E-state index < -0.39 is 10.0 Å². The van der Waals surface area contributed by atoms with E-state index in [9.17, 15) is 8.42 Å². The van der Waals surface area contributed by atoms with Gasteiger partial charge in [-0.15, -0.1) is 0 Å². The molecule has 1 aromatic heterocycles. The van der Waals surface area contributed by atoms with Crippen LogP contribution in [0, 0.1) is 34.6 Å². The van der Waals surface area contributed by atoms with Gasteiger partial charge < -0.3 is 9.15 Å². The first-order valence-electron chi connectivity index (χ1n) is 9.81. The summed E-state index contributed by atoms with van der Waals surface area (Å²) in [7, 11) is -2.02. The highest BCUT2D eigenvalue weighted by Crippen LogP contribution is 2.29. The Morgan fingerprint density at radius 3 is 2.07 bits per heavy atom. The Kier molecular flexibility index (Phi) is 6.33. The van der Waals surface area contributed by atoms with Crippen molar-refractivity contribution >= 4 is 10.0 Å². The fourth-order valence-corrected chi connectivity index (χ4v) is 5.17. The van der Waals surface area contributed by atoms with Crippen LogP contribution in [0.3, 0.4) is 0 Å². The van der Waals surface area contributed by atoms with E-state index in [1.54, 1.807) is 13.4 Å². The van der Waals surface area contributed by atoms with Crippen molar-refractivity contribution in [2.75, 3.05) is 13.7 Å². The summed E-state index contributed by atoms with van der Waals surface area (Å²) < 4.78 is 39.4. The zero-order valence-electron chi connectivity index (χ0n) is 18.3. The number of benzene rings is 2. The van der Waals surface area contributed by atoms with Crippen molar-refractivity contribution in [3.05, 3.63) is 64.0 Å². The molecule has 2 aromatic carbocycles. The second kappa shape index (κ2) is 8.62. The number of oxazole rings is 1. The van der Waals surface area contributed by atoms with Crippen molar-refractivity contribution < 1.29 is 17.6 Å². The van der Waals surface area contributed by atoms with Crippen molar-refractivity contribution in [3.63, 3.8) is 0 Å². The molecular weight excluding hydrogens is 400 g/mol. The lowest BCUT2D eigenvalue weighted by molar-refractivity contribution is 0.415. The van der Waals surface area contributed by atoms with Crippen LogP contribution in [0.4, 0.5) is 0 Å². The van der Waals surface area contributed by atoms with Crippen molar-refractivity contribution in [1.29, 1.82) is 0 Å². The molecule has 0 unspecified atom stereocenters. The lowest BCUT2D eigenvalue weighted by Crippen LogP contribution is -2.28. The fourth-order valence-electron chi connectivity index (χ4n) is 3.54. The molecule has 3 rings (SSSR count). The Morgan fingerprint density at radius 2 is 1.50 bits per heavy atom. The third kappa shape index (κ3) is 4.27. The summed E-state index contributed by atoms with van der Waals surface area (Å²) in [5, 5.41) is 0. The maximum atomic E-state index is 13.0. The lowest BCUT2D eigenvalue weighted by atomic mass is 9.95. The van der Waals surface area contributed by atoms with Crippen molar-refractivity contribution in [1.82, 2.24) is 9.71 Å². The van der Waals surface area contributed by atoms with Gasteiger partial charge in [0, 0.05) is 18.5 Å². The van der Waals surface area contributed by atoms with Gasteiger partial charge in [0.25, 0.3) is 0 Å². The number of ether oxygens (including phenoxy) is 1. The average molecular weight is 429 g/mol. The molecule has 0 fully saturated rings. The van der Waals surface area contributed by atoms with E-state index in [-0.39, 0.29) is 6.54 Å². The number of sulfonamides is 1. The van der Waals surface area contributed by atoms with Gasteiger partial charge in [-0.2, -0.15) is 0 Å². The number of methoxy groups -OCH3 is 1. The summed E-state index contributed by atoms with van der Waals surface area (Å²) in [5.74, 6) is 1.25. The molecule has 0 spiro atoms. The smallest absolute Gasteiger partial charge is 0.241 e. The maximum absolute atomic E-state index is 13.0. The van der Waals surface area contributed by atoms with Crippen LogP contribution in [0.5, 0.6) is 5.75 Å². The van der Waals surface area contributed by atoms with Gasteiger partial charge in [-0.3, -0.25) is 0 Å². The summed E-state index contributed by atoms with van der Waals surface area (Å²) in [4.78, 5) is 4.84. The molecule has 0 saturated carbocycles. The zero-order valence-corrected chi connectivity index (χ0v) is 19.1. The van der Waals surface area contributed by atoms with Crippen LogP contribution in [0.2, 0.25) is 0 Å². The highest BCUT2D eigenvalue weighted by molar-refractivity contribution is 7.89. The predicted molar refractivity (Wildman–Crippen MR) is 118 cm³/mol. The zero-order chi connectivity index (χ0) is 22.1. The Balaban J connectivity index is 1.72. The summed E-state index contributed by atoms with van der Waals surface area (Å²) in [6.45, 7) is 9.92. The van der Waals surface area contributed by atoms with Crippen molar-refractivity contribution in [2.24, 2.45) is 0 Å². The van der Waals surface area contributed by atoms with Gasteiger partial charge >= 0.3 is 0 Å². The summed E-state index contributed by atoms with van der Waals surface area (Å²) >= 11 is 0. The van der Waals surface area contributed by atoms with Crippen LogP contribution in [-0.2, 0) is 16.4 Å². The largest absolute Gasteiger partial charge is 0.497 e. The average Bonchev–Trinajstić information content (AvgIpc) is 3.19. The van der Waals surface area contributed by atoms with Crippen LogP contribution in [0.1, 0.15) is 33.5 Å². The number of hydrogen-bond acceptors (Lipinski definition) is 5. The van der Waals surface area contributed by atoms with Gasteiger partial charge in [-0.25, -0.2) is 18.1 Å². The number of rotatable bonds is 7. The highest BCUT2D eigenvalue weighted by Gasteiger charge is 2.23. The molecule has 0 aliphatic rings. The standard InChI is InChI=1S/C23H28N2O4S/c1-14-15(2)17(4)22(18(5)16(14)3)30(26,27)24-12-11-20-13-29-23(25-20)19-7-9-21(28-6)10-8-19/h7-10,13,24H,11-12H2,1-6H3. The Morgan fingerprint density at radius 1 is 0.933 bits per heavy atom. The maximum Gasteiger partial charge on any atom is 0.241 e. The summed E-state index contributed by atoms with van der Waals surface area (Å²) in [6.07, 6.45) is 1.99. The van der Waals surface area contributed by atoms with Crippen molar-refractivity contribution in [2.45, 2.75) is 45.9 Å². The molecule has 0 aliphatic carbocycles. The van der Waals surface area contributed by atoms with Gasteiger partial charge in [-0.1, -0.05) is 0 Å². The van der Waals surface area contributed by atoms with Crippen LogP contribution in [0.15, 0.2) is 39.8 Å². The molecule has 1 N–H and O–H groups in total. The molecule has 160 valence electrons. The van der Waals surface area contributed by atoms with Crippen LogP contribution in [0.25, 0.3) is 11.5 Å². The summed E-state index contributed by atoms with van der Waals surface area (Å²) in [5.41, 5.74) is 6.28. The molecule has 1 heterocycles. The number of hydrogen-bond donors (Lipinski definition) is 1. The molecule has 0 aliphatic heterocycles. The molecule has 7 heteroatoms. The Hall–Kier alpha value is -2.64. The van der Waals surface area contributed by atoms with Crippen LogP contribution in [-0.4, -0.2) is 27.1 Å². The van der Waals surface area contributed by atoms with Crippen LogP contribution < -0.4 is 9.46 Å². The third-order valence-electron chi connectivity index (χ3n) is 5.76. The quantitative estimate of drug-likeness (QED) is 0.603. The Labute approximate surface area is 178 Å². The molecule has 6 nitrogen and oxygen atoms in total. The first-order chi connectivity index (χ1) is 14.2. The second-order valence-electron chi connectivity index (χ2n) is 7.47. The van der Waals surface area contributed by atoms with Gasteiger partial charge in [0.15, 0.2) is 0 Å². The molecule has 0 bridgehead atoms. The molecular formula is C23H28N2O4S. The molecule has 0 atom stereocenters. The van der Waals surface area contributed by atoms with Crippen molar-refractivity contribution in [3.8, 4) is 17.2 Å². The van der Waals surface area contributed by atoms with E-state index in [1.165, 1.54) is 0 Å². The minimum absolute atomic E-state index is 0.238. The van der Waals surface area contributed by atoms with Gasteiger partial charge in [0.1, 0.15) is 12.0 Å². The topological polar surface area (TPSA) is 81.4 Å².